The van der Waals surface area contributed by atoms with E-state index in [1.54, 1.807) is 19.0 Å². The van der Waals surface area contributed by atoms with Crippen LogP contribution in [0.3, 0.4) is 0 Å². The first-order valence-corrected chi connectivity index (χ1v) is 11.2. The second-order valence-corrected chi connectivity index (χ2v) is 8.19. The zero-order valence-corrected chi connectivity index (χ0v) is 22.0. The lowest BCUT2D eigenvalue weighted by atomic mass is 10.1. The molecule has 7 nitrogen and oxygen atoms in total. The maximum absolute atomic E-state index is 12.1. The van der Waals surface area contributed by atoms with Crippen molar-refractivity contribution in [2.75, 3.05) is 73.5 Å². The van der Waals surface area contributed by atoms with Crippen LogP contribution in [0.1, 0.15) is 35.7 Å². The van der Waals surface area contributed by atoms with Crippen LogP contribution in [-0.4, -0.2) is 100 Å². The first kappa shape index (κ1) is 27.6. The Morgan fingerprint density at radius 3 is 2.55 bits per heavy atom. The molecule has 1 aliphatic rings. The molecule has 0 aliphatic carbocycles. The molecule has 2 N–H and O–H groups in total. The third-order valence-electron chi connectivity index (χ3n) is 5.38. The van der Waals surface area contributed by atoms with Gasteiger partial charge in [0.15, 0.2) is 5.96 Å². The topological polar surface area (TPSA) is 63.2 Å². The minimum absolute atomic E-state index is 0. The highest BCUT2D eigenvalue weighted by atomic mass is 127. The van der Waals surface area contributed by atoms with E-state index in [1.165, 1.54) is 39.1 Å². The minimum atomic E-state index is 0. The fourth-order valence-corrected chi connectivity index (χ4v) is 3.49. The number of unbranched alkanes of at least 4 members (excludes halogenated alkanes) is 1. The quantitative estimate of drug-likeness (QED) is 0.205. The third-order valence-corrected chi connectivity index (χ3v) is 5.38. The van der Waals surface area contributed by atoms with Crippen molar-refractivity contribution in [3.63, 3.8) is 0 Å². The molecule has 1 saturated heterocycles. The molecule has 2 rings (SSSR count). The lowest BCUT2D eigenvalue weighted by Gasteiger charge is -2.32. The summed E-state index contributed by atoms with van der Waals surface area (Å²) >= 11 is 0. The van der Waals surface area contributed by atoms with Crippen molar-refractivity contribution in [2.24, 2.45) is 4.99 Å². The van der Waals surface area contributed by atoms with Gasteiger partial charge in [-0.3, -0.25) is 9.79 Å². The van der Waals surface area contributed by atoms with Crippen LogP contribution >= 0.6 is 24.0 Å². The van der Waals surface area contributed by atoms with E-state index in [9.17, 15) is 4.79 Å². The maximum atomic E-state index is 12.1. The van der Waals surface area contributed by atoms with E-state index in [0.717, 1.165) is 49.6 Å². The van der Waals surface area contributed by atoms with Crippen molar-refractivity contribution in [1.82, 2.24) is 25.3 Å². The molecule has 0 unspecified atom stereocenters. The molecule has 0 spiro atoms. The number of benzene rings is 1. The second kappa shape index (κ2) is 15.4. The first-order valence-electron chi connectivity index (χ1n) is 11.2. The maximum Gasteiger partial charge on any atom is 0.253 e. The number of hydrogen-bond acceptors (Lipinski definition) is 4. The second-order valence-electron chi connectivity index (χ2n) is 8.19. The minimum Gasteiger partial charge on any atom is -0.357 e. The van der Waals surface area contributed by atoms with Gasteiger partial charge in [0.25, 0.3) is 5.91 Å². The number of carbonyl (C=O) groups excluding carboxylic acids is 1. The molecule has 8 heteroatoms. The monoisotopic (exact) mass is 544 g/mol. The average Bonchev–Trinajstić information content (AvgIpc) is 2.74. The number of nitrogens with one attached hydrogen (secondary N) is 2. The zero-order valence-electron chi connectivity index (χ0n) is 19.7. The van der Waals surface area contributed by atoms with Crippen molar-refractivity contribution >= 4 is 35.8 Å². The van der Waals surface area contributed by atoms with E-state index in [-0.39, 0.29) is 29.9 Å². The van der Waals surface area contributed by atoms with E-state index in [1.807, 2.05) is 18.2 Å². The number of rotatable bonds is 10. The van der Waals surface area contributed by atoms with Gasteiger partial charge in [-0.05, 0) is 57.5 Å². The lowest BCUT2D eigenvalue weighted by Crippen LogP contribution is -2.44. The molecule has 0 aromatic heterocycles. The molecule has 1 fully saturated rings. The normalized spacial score (nSPS) is 15.3. The van der Waals surface area contributed by atoms with E-state index >= 15 is 0 Å². The number of amides is 1. The predicted molar refractivity (Wildman–Crippen MR) is 141 cm³/mol. The molecular formula is C23H41IN6O. The predicted octanol–water partition coefficient (Wildman–Crippen LogP) is 2.13. The van der Waals surface area contributed by atoms with Gasteiger partial charge in [0, 0.05) is 65.5 Å². The van der Waals surface area contributed by atoms with Gasteiger partial charge in [-0.1, -0.05) is 12.1 Å². The summed E-state index contributed by atoms with van der Waals surface area (Å²) in [6.07, 6.45) is 3.15. The summed E-state index contributed by atoms with van der Waals surface area (Å²) in [7, 11) is 5.75. The Kier molecular flexibility index (Phi) is 13.7. The highest BCUT2D eigenvalue weighted by Crippen LogP contribution is 2.08. The molecule has 176 valence electrons. The van der Waals surface area contributed by atoms with Crippen molar-refractivity contribution in [3.05, 3.63) is 35.4 Å². The molecular weight excluding hydrogens is 503 g/mol. The summed E-state index contributed by atoms with van der Waals surface area (Å²) in [5.74, 6) is 0.911. The Balaban J connectivity index is 0.00000480. The van der Waals surface area contributed by atoms with Crippen LogP contribution in [0.4, 0.5) is 0 Å². The number of aliphatic imine (C=N–C) groups is 1. The molecule has 0 bridgehead atoms. The zero-order chi connectivity index (χ0) is 21.8. The highest BCUT2D eigenvalue weighted by Gasteiger charge is 2.12. The largest absolute Gasteiger partial charge is 0.357 e. The molecule has 1 aromatic rings. The lowest BCUT2D eigenvalue weighted by molar-refractivity contribution is 0.0827. The number of piperazine rings is 1. The van der Waals surface area contributed by atoms with Crippen LogP contribution in [0.25, 0.3) is 0 Å². The Bertz CT molecular complexity index is 674. The molecule has 0 saturated carbocycles. The van der Waals surface area contributed by atoms with Gasteiger partial charge in [0.1, 0.15) is 0 Å². The molecule has 0 atom stereocenters. The number of nitrogens with zero attached hydrogens (tertiary/aromatic N) is 4. The fourth-order valence-electron chi connectivity index (χ4n) is 3.49. The van der Waals surface area contributed by atoms with Crippen LogP contribution in [0, 0.1) is 0 Å². The molecule has 0 radical (unpaired) electrons. The Morgan fingerprint density at radius 2 is 1.87 bits per heavy atom. The Labute approximate surface area is 205 Å². The van der Waals surface area contributed by atoms with E-state index in [2.05, 4.69) is 40.5 Å². The van der Waals surface area contributed by atoms with Gasteiger partial charge in [-0.15, -0.1) is 24.0 Å². The third kappa shape index (κ3) is 10.7. The summed E-state index contributed by atoms with van der Waals surface area (Å²) in [6, 6.07) is 7.86. The summed E-state index contributed by atoms with van der Waals surface area (Å²) in [4.78, 5) is 23.4. The molecule has 31 heavy (non-hydrogen) atoms. The number of likely N-dealkylation sites (N-methyl/N-ethyl adjacent to an activating group) is 1. The Morgan fingerprint density at radius 1 is 1.13 bits per heavy atom. The van der Waals surface area contributed by atoms with Crippen molar-refractivity contribution in [3.8, 4) is 0 Å². The molecule has 1 aromatic carbocycles. The van der Waals surface area contributed by atoms with Crippen molar-refractivity contribution < 1.29 is 4.79 Å². The summed E-state index contributed by atoms with van der Waals surface area (Å²) in [5.41, 5.74) is 1.89. The van der Waals surface area contributed by atoms with Gasteiger partial charge < -0.3 is 25.3 Å². The summed E-state index contributed by atoms with van der Waals surface area (Å²) in [5, 5.41) is 6.73. The van der Waals surface area contributed by atoms with Crippen molar-refractivity contribution in [1.29, 1.82) is 0 Å². The fraction of sp³-hybridized carbons (Fsp3) is 0.652. The summed E-state index contributed by atoms with van der Waals surface area (Å²) < 4.78 is 0. The van der Waals surface area contributed by atoms with E-state index in [0.29, 0.717) is 0 Å². The van der Waals surface area contributed by atoms with Gasteiger partial charge >= 0.3 is 0 Å². The van der Waals surface area contributed by atoms with Gasteiger partial charge in [0.2, 0.25) is 0 Å². The van der Waals surface area contributed by atoms with Gasteiger partial charge in [0.05, 0.1) is 0 Å². The summed E-state index contributed by atoms with van der Waals surface area (Å²) in [6.45, 7) is 10.5. The van der Waals surface area contributed by atoms with Crippen LogP contribution in [0.5, 0.6) is 0 Å². The Hall–Kier alpha value is -1.39. The SMILES string of the molecule is CCNC(=NCCCCN1CCN(C)CC1)NCCc1cccc(C(=O)N(C)C)c1.I. The smallest absolute Gasteiger partial charge is 0.253 e. The van der Waals surface area contributed by atoms with E-state index in [4.69, 9.17) is 4.99 Å². The van der Waals surface area contributed by atoms with Crippen LogP contribution in [0.15, 0.2) is 29.3 Å². The van der Waals surface area contributed by atoms with E-state index < -0.39 is 0 Å². The van der Waals surface area contributed by atoms with Crippen LogP contribution in [0.2, 0.25) is 0 Å². The average molecular weight is 545 g/mol. The van der Waals surface area contributed by atoms with Gasteiger partial charge in [-0.2, -0.15) is 0 Å². The van der Waals surface area contributed by atoms with Crippen LogP contribution < -0.4 is 10.6 Å². The van der Waals surface area contributed by atoms with Gasteiger partial charge in [-0.25, -0.2) is 0 Å². The molecule has 1 amide bonds. The number of hydrogen-bond donors (Lipinski definition) is 2. The van der Waals surface area contributed by atoms with Crippen molar-refractivity contribution in [2.45, 2.75) is 26.2 Å². The number of halogens is 1. The number of carbonyl (C=O) groups is 1. The standard InChI is InChI=1S/C23H40N6O.HI/c1-5-24-23(25-12-6-7-14-29-17-15-28(4)16-18-29)26-13-11-20-9-8-10-21(19-20)22(30)27(2)3;/h8-10,19H,5-7,11-18H2,1-4H3,(H2,24,25,26);1H. The molecule has 1 heterocycles. The van der Waals surface area contributed by atoms with Crippen LogP contribution in [-0.2, 0) is 6.42 Å². The number of guanidine groups is 1. The molecule has 1 aliphatic heterocycles. The first-order chi connectivity index (χ1) is 14.5. The highest BCUT2D eigenvalue weighted by molar-refractivity contribution is 14.0.